The van der Waals surface area contributed by atoms with Crippen LogP contribution >= 0.6 is 12.6 Å². The Morgan fingerprint density at radius 1 is 0.913 bits per heavy atom. The molecule has 1 nitrogen and oxygen atoms in total. The summed E-state index contributed by atoms with van der Waals surface area (Å²) in [4.78, 5) is 0.789. The van der Waals surface area contributed by atoms with E-state index in [1.54, 1.807) is 0 Å². The Bertz CT molecular complexity index is 864. The fourth-order valence-electron chi connectivity index (χ4n) is 2.29. The number of benzene rings is 3. The standard InChI is InChI=1S/C18H12F3OS/c19-15-8-17(21)16(20)7-13(15)10-22-9-11-5-12-3-1-2-4-14(12)18(23)6-11/h1-4,6-8,23H,9-10H2. The summed E-state index contributed by atoms with van der Waals surface area (Å²) >= 11 is 4.43. The molecular formula is C18H12F3OS. The average molecular weight is 333 g/mol. The van der Waals surface area contributed by atoms with Gasteiger partial charge in [0.1, 0.15) is 5.82 Å². The zero-order valence-electron chi connectivity index (χ0n) is 11.9. The summed E-state index contributed by atoms with van der Waals surface area (Å²) in [6.45, 7) is 0.00242. The van der Waals surface area contributed by atoms with Crippen molar-refractivity contribution in [3.8, 4) is 0 Å². The van der Waals surface area contributed by atoms with Crippen LogP contribution in [0, 0.1) is 23.5 Å². The predicted molar refractivity (Wildman–Crippen MR) is 84.8 cm³/mol. The molecule has 0 amide bonds. The smallest absolute Gasteiger partial charge is 0.161 e. The Labute approximate surface area is 137 Å². The molecule has 23 heavy (non-hydrogen) atoms. The Morgan fingerprint density at radius 3 is 2.48 bits per heavy atom. The summed E-state index contributed by atoms with van der Waals surface area (Å²) in [5.41, 5.74) is 0.715. The second-order valence-corrected chi connectivity index (χ2v) is 5.56. The second-order valence-electron chi connectivity index (χ2n) is 5.08. The van der Waals surface area contributed by atoms with Crippen molar-refractivity contribution < 1.29 is 17.9 Å². The third-order valence-corrected chi connectivity index (χ3v) is 3.78. The van der Waals surface area contributed by atoms with Crippen molar-refractivity contribution in [2.24, 2.45) is 0 Å². The number of rotatable bonds is 4. The van der Waals surface area contributed by atoms with E-state index in [4.69, 9.17) is 4.74 Å². The number of ether oxygens (including phenoxy) is 1. The van der Waals surface area contributed by atoms with Gasteiger partial charge in [0, 0.05) is 16.5 Å². The molecule has 0 saturated carbocycles. The van der Waals surface area contributed by atoms with Gasteiger partial charge in [-0.05, 0) is 34.5 Å². The van der Waals surface area contributed by atoms with Crippen molar-refractivity contribution in [1.82, 2.24) is 0 Å². The lowest BCUT2D eigenvalue weighted by atomic mass is 10.1. The van der Waals surface area contributed by atoms with Crippen LogP contribution in [-0.4, -0.2) is 0 Å². The van der Waals surface area contributed by atoms with E-state index < -0.39 is 17.5 Å². The van der Waals surface area contributed by atoms with E-state index in [0.717, 1.165) is 27.3 Å². The van der Waals surface area contributed by atoms with Crippen LogP contribution in [0.2, 0.25) is 0 Å². The Hall–Kier alpha value is -1.98. The Kier molecular flexibility index (Phi) is 4.59. The first-order valence-corrected chi connectivity index (χ1v) is 7.33. The largest absolute Gasteiger partial charge is 0.372 e. The highest BCUT2D eigenvalue weighted by atomic mass is 32.1. The summed E-state index contributed by atoms with van der Waals surface area (Å²) in [5.74, 6) is -3.14. The van der Waals surface area contributed by atoms with Crippen LogP contribution in [0.15, 0.2) is 47.4 Å². The molecule has 0 saturated heterocycles. The maximum absolute atomic E-state index is 13.5. The third-order valence-electron chi connectivity index (χ3n) is 3.41. The van der Waals surface area contributed by atoms with Crippen molar-refractivity contribution in [1.29, 1.82) is 0 Å². The lowest BCUT2D eigenvalue weighted by molar-refractivity contribution is 0.104. The SMILES string of the molecule is Fc1cc(F)c(COCc2[c]c3ccccc3c(S)c2)cc1F. The van der Waals surface area contributed by atoms with E-state index in [0.29, 0.717) is 6.07 Å². The fraction of sp³-hybridized carbons (Fsp3) is 0.111. The van der Waals surface area contributed by atoms with E-state index in [1.807, 2.05) is 30.3 Å². The van der Waals surface area contributed by atoms with Gasteiger partial charge in [-0.1, -0.05) is 24.3 Å². The third kappa shape index (κ3) is 3.51. The highest BCUT2D eigenvalue weighted by Crippen LogP contribution is 2.24. The van der Waals surface area contributed by atoms with Gasteiger partial charge in [-0.3, -0.25) is 0 Å². The number of hydrogen-bond donors (Lipinski definition) is 1. The normalized spacial score (nSPS) is 11.1. The molecule has 0 aliphatic heterocycles. The molecule has 3 aromatic rings. The first-order chi connectivity index (χ1) is 11.0. The molecule has 0 heterocycles. The number of halogens is 3. The molecule has 0 atom stereocenters. The maximum atomic E-state index is 13.5. The summed E-state index contributed by atoms with van der Waals surface area (Å²) in [5, 5.41) is 1.88. The lowest BCUT2D eigenvalue weighted by Crippen LogP contribution is -2.00. The van der Waals surface area contributed by atoms with Crippen LogP contribution in [0.3, 0.4) is 0 Å². The topological polar surface area (TPSA) is 9.23 Å². The average Bonchev–Trinajstić information content (AvgIpc) is 2.52. The van der Waals surface area contributed by atoms with Crippen molar-refractivity contribution >= 4 is 23.4 Å². The quantitative estimate of drug-likeness (QED) is 0.518. The van der Waals surface area contributed by atoms with Gasteiger partial charge in [0.05, 0.1) is 13.2 Å². The van der Waals surface area contributed by atoms with Gasteiger partial charge in [0.25, 0.3) is 0 Å². The monoisotopic (exact) mass is 333 g/mol. The van der Waals surface area contributed by atoms with Gasteiger partial charge >= 0.3 is 0 Å². The number of fused-ring (bicyclic) bond motifs is 1. The summed E-state index contributed by atoms with van der Waals surface area (Å²) in [6.07, 6.45) is 0. The van der Waals surface area contributed by atoms with Gasteiger partial charge in [0.15, 0.2) is 11.6 Å². The fourth-order valence-corrected chi connectivity index (χ4v) is 2.64. The molecule has 1 radical (unpaired) electrons. The van der Waals surface area contributed by atoms with Gasteiger partial charge in [-0.15, -0.1) is 12.6 Å². The Morgan fingerprint density at radius 2 is 1.65 bits per heavy atom. The number of thiol groups is 1. The van der Waals surface area contributed by atoms with Crippen LogP contribution in [0.4, 0.5) is 13.2 Å². The van der Waals surface area contributed by atoms with E-state index >= 15 is 0 Å². The minimum Gasteiger partial charge on any atom is -0.372 e. The van der Waals surface area contributed by atoms with Gasteiger partial charge in [-0.2, -0.15) is 0 Å². The van der Waals surface area contributed by atoms with Crippen molar-refractivity contribution in [2.75, 3.05) is 0 Å². The van der Waals surface area contributed by atoms with Crippen LogP contribution in [0.25, 0.3) is 10.8 Å². The summed E-state index contributed by atoms with van der Waals surface area (Å²) in [6, 6.07) is 14.0. The van der Waals surface area contributed by atoms with E-state index in [9.17, 15) is 13.2 Å². The molecule has 0 bridgehead atoms. The zero-order valence-corrected chi connectivity index (χ0v) is 12.8. The van der Waals surface area contributed by atoms with E-state index in [1.165, 1.54) is 0 Å². The van der Waals surface area contributed by atoms with Crippen LogP contribution < -0.4 is 0 Å². The van der Waals surface area contributed by atoms with Crippen molar-refractivity contribution in [3.63, 3.8) is 0 Å². The molecule has 0 fully saturated rings. The van der Waals surface area contributed by atoms with Crippen LogP contribution in [0.5, 0.6) is 0 Å². The van der Waals surface area contributed by atoms with Gasteiger partial charge in [0.2, 0.25) is 0 Å². The van der Waals surface area contributed by atoms with Crippen molar-refractivity contribution in [2.45, 2.75) is 18.1 Å². The molecule has 0 aliphatic carbocycles. The minimum absolute atomic E-state index is 0.0317. The predicted octanol–water partition coefficient (Wildman–Crippen LogP) is 5.06. The minimum atomic E-state index is -1.21. The molecule has 3 rings (SSSR count). The zero-order chi connectivity index (χ0) is 16.4. The van der Waals surface area contributed by atoms with Crippen LogP contribution in [-0.2, 0) is 18.0 Å². The first kappa shape index (κ1) is 15.9. The highest BCUT2D eigenvalue weighted by molar-refractivity contribution is 7.80. The molecule has 0 aromatic heterocycles. The second kappa shape index (κ2) is 6.64. The van der Waals surface area contributed by atoms with Gasteiger partial charge < -0.3 is 4.74 Å². The van der Waals surface area contributed by atoms with Gasteiger partial charge in [-0.25, -0.2) is 13.2 Å². The maximum Gasteiger partial charge on any atom is 0.161 e. The van der Waals surface area contributed by atoms with Crippen molar-refractivity contribution in [3.05, 3.63) is 77.1 Å². The number of hydrogen-bond acceptors (Lipinski definition) is 2. The lowest BCUT2D eigenvalue weighted by Gasteiger charge is -2.08. The molecule has 117 valence electrons. The molecule has 3 aromatic carbocycles. The molecule has 0 spiro atoms. The first-order valence-electron chi connectivity index (χ1n) is 6.88. The summed E-state index contributed by atoms with van der Waals surface area (Å²) < 4.78 is 44.9. The van der Waals surface area contributed by atoms with E-state index in [-0.39, 0.29) is 18.8 Å². The molecule has 5 heteroatoms. The highest BCUT2D eigenvalue weighted by Gasteiger charge is 2.10. The Balaban J connectivity index is 1.73. The molecular weight excluding hydrogens is 321 g/mol. The summed E-state index contributed by atoms with van der Waals surface area (Å²) in [7, 11) is 0. The molecule has 0 aliphatic rings. The van der Waals surface area contributed by atoms with Crippen LogP contribution in [0.1, 0.15) is 11.1 Å². The molecule has 0 N–H and O–H groups in total. The van der Waals surface area contributed by atoms with E-state index in [2.05, 4.69) is 18.7 Å². The molecule has 0 unspecified atom stereocenters.